The third-order valence-electron chi connectivity index (χ3n) is 3.37. The van der Waals surface area contributed by atoms with Crippen LogP contribution in [0.3, 0.4) is 0 Å². The number of sulfonamides is 1. The standard InChI is InChI=1S/C11H14F3NO3S2/c12-11(13,14)10(16)8-3-5-15(6-4-8)20(17,18)9-2-1-7-19-9/h1-2,7-8,10,16H,3-6H2/t10-/m1/s1. The lowest BCUT2D eigenvalue weighted by Gasteiger charge is -2.33. The molecule has 0 aliphatic carbocycles. The molecule has 0 radical (unpaired) electrons. The summed E-state index contributed by atoms with van der Waals surface area (Å²) in [5.41, 5.74) is 0. The smallest absolute Gasteiger partial charge is 0.383 e. The molecule has 0 unspecified atom stereocenters. The fourth-order valence-corrected chi connectivity index (χ4v) is 4.85. The minimum atomic E-state index is -4.65. The predicted octanol–water partition coefficient (Wildman–Crippen LogP) is 2.07. The van der Waals surface area contributed by atoms with Crippen LogP contribution in [0.1, 0.15) is 12.8 Å². The van der Waals surface area contributed by atoms with E-state index in [0.717, 1.165) is 11.3 Å². The van der Waals surface area contributed by atoms with Gasteiger partial charge in [0.2, 0.25) is 0 Å². The molecule has 1 aliphatic heterocycles. The molecule has 0 spiro atoms. The molecule has 1 saturated heterocycles. The van der Waals surface area contributed by atoms with Gasteiger partial charge in [-0.15, -0.1) is 11.3 Å². The van der Waals surface area contributed by atoms with E-state index in [-0.39, 0.29) is 30.1 Å². The minimum Gasteiger partial charge on any atom is -0.383 e. The van der Waals surface area contributed by atoms with Gasteiger partial charge < -0.3 is 5.11 Å². The Balaban J connectivity index is 2.02. The van der Waals surface area contributed by atoms with Gasteiger partial charge in [-0.1, -0.05) is 6.07 Å². The fraction of sp³-hybridized carbons (Fsp3) is 0.636. The van der Waals surface area contributed by atoms with Crippen molar-refractivity contribution in [3.63, 3.8) is 0 Å². The number of aliphatic hydroxyl groups excluding tert-OH is 1. The Morgan fingerprint density at radius 3 is 2.40 bits per heavy atom. The van der Waals surface area contributed by atoms with E-state index in [1.807, 2.05) is 0 Å². The molecule has 1 aromatic heterocycles. The Morgan fingerprint density at radius 1 is 1.35 bits per heavy atom. The van der Waals surface area contributed by atoms with Crippen molar-refractivity contribution in [2.45, 2.75) is 29.3 Å². The highest BCUT2D eigenvalue weighted by molar-refractivity contribution is 7.91. The van der Waals surface area contributed by atoms with E-state index in [2.05, 4.69) is 0 Å². The summed E-state index contributed by atoms with van der Waals surface area (Å²) >= 11 is 1.08. The first-order chi connectivity index (χ1) is 9.23. The van der Waals surface area contributed by atoms with Crippen LogP contribution in [0.15, 0.2) is 21.7 Å². The fourth-order valence-electron chi connectivity index (χ4n) is 2.24. The molecule has 1 fully saturated rings. The number of thiophene rings is 1. The zero-order chi connectivity index (χ0) is 15.0. The second-order valence-corrected chi connectivity index (χ2v) is 7.77. The van der Waals surface area contributed by atoms with E-state index >= 15 is 0 Å². The molecular formula is C11H14F3NO3S2. The number of hydrogen-bond acceptors (Lipinski definition) is 4. The quantitative estimate of drug-likeness (QED) is 0.924. The van der Waals surface area contributed by atoms with Crippen molar-refractivity contribution in [2.24, 2.45) is 5.92 Å². The lowest BCUT2D eigenvalue weighted by molar-refractivity contribution is -0.222. The SMILES string of the molecule is O=S(=O)(c1cccs1)N1CCC([C@@H](O)C(F)(F)F)CC1. The first kappa shape index (κ1) is 15.7. The lowest BCUT2D eigenvalue weighted by Crippen LogP contribution is -2.44. The van der Waals surface area contributed by atoms with E-state index in [0.29, 0.717) is 0 Å². The second kappa shape index (κ2) is 5.63. The maximum atomic E-state index is 12.4. The molecule has 20 heavy (non-hydrogen) atoms. The monoisotopic (exact) mass is 329 g/mol. The molecule has 0 amide bonds. The summed E-state index contributed by atoms with van der Waals surface area (Å²) in [5.74, 6) is -0.940. The molecule has 114 valence electrons. The Morgan fingerprint density at radius 2 is 1.95 bits per heavy atom. The summed E-state index contributed by atoms with van der Waals surface area (Å²) in [5, 5.41) is 10.8. The largest absolute Gasteiger partial charge is 0.414 e. The number of nitrogens with zero attached hydrogens (tertiary/aromatic N) is 1. The van der Waals surface area contributed by atoms with Crippen molar-refractivity contribution < 1.29 is 26.7 Å². The molecule has 0 bridgehead atoms. The van der Waals surface area contributed by atoms with E-state index in [1.54, 1.807) is 11.4 Å². The van der Waals surface area contributed by atoms with Gasteiger partial charge in [-0.2, -0.15) is 17.5 Å². The normalized spacial score (nSPS) is 21.0. The van der Waals surface area contributed by atoms with E-state index in [1.165, 1.54) is 10.4 Å². The minimum absolute atomic E-state index is 0.00194. The summed E-state index contributed by atoms with van der Waals surface area (Å²) < 4.78 is 62.9. The van der Waals surface area contributed by atoms with Crippen LogP contribution in [0.5, 0.6) is 0 Å². The molecule has 1 aromatic rings. The van der Waals surface area contributed by atoms with Crippen LogP contribution in [0, 0.1) is 5.92 Å². The third-order valence-corrected chi connectivity index (χ3v) is 6.64. The van der Waals surface area contributed by atoms with Crippen LogP contribution in [-0.2, 0) is 10.0 Å². The number of halogens is 3. The van der Waals surface area contributed by atoms with Crippen molar-refractivity contribution in [1.29, 1.82) is 0 Å². The summed E-state index contributed by atoms with van der Waals surface area (Å²) in [7, 11) is -3.61. The van der Waals surface area contributed by atoms with Crippen molar-refractivity contribution in [3.05, 3.63) is 17.5 Å². The van der Waals surface area contributed by atoms with Crippen molar-refractivity contribution in [1.82, 2.24) is 4.31 Å². The third kappa shape index (κ3) is 3.16. The van der Waals surface area contributed by atoms with Gasteiger partial charge in [0, 0.05) is 13.1 Å². The molecule has 1 aliphatic rings. The van der Waals surface area contributed by atoms with Crippen LogP contribution in [0.2, 0.25) is 0 Å². The van der Waals surface area contributed by atoms with Gasteiger partial charge in [0.25, 0.3) is 10.0 Å². The van der Waals surface area contributed by atoms with Gasteiger partial charge in [-0.25, -0.2) is 8.42 Å². The topological polar surface area (TPSA) is 57.6 Å². The summed E-state index contributed by atoms with van der Waals surface area (Å²) in [6.07, 6.45) is -7.02. The Labute approximate surface area is 118 Å². The molecular weight excluding hydrogens is 315 g/mol. The van der Waals surface area contributed by atoms with Gasteiger partial charge in [0.15, 0.2) is 6.10 Å². The summed E-state index contributed by atoms with van der Waals surface area (Å²) in [6.45, 7) is -0.00389. The molecule has 4 nitrogen and oxygen atoms in total. The van der Waals surface area contributed by atoms with Crippen LogP contribution in [0.25, 0.3) is 0 Å². The molecule has 1 N–H and O–H groups in total. The highest BCUT2D eigenvalue weighted by Crippen LogP contribution is 2.33. The Hall–Kier alpha value is -0.640. The van der Waals surface area contributed by atoms with Crippen LogP contribution in [0.4, 0.5) is 13.2 Å². The number of rotatable bonds is 3. The van der Waals surface area contributed by atoms with Crippen LogP contribution in [-0.4, -0.2) is 43.2 Å². The van der Waals surface area contributed by atoms with E-state index in [9.17, 15) is 26.7 Å². The number of aliphatic hydroxyl groups is 1. The molecule has 1 atom stereocenters. The molecule has 2 heterocycles. The van der Waals surface area contributed by atoms with Crippen LogP contribution >= 0.6 is 11.3 Å². The van der Waals surface area contributed by atoms with Gasteiger partial charge in [0.05, 0.1) is 0 Å². The zero-order valence-electron chi connectivity index (χ0n) is 10.4. The summed E-state index contributed by atoms with van der Waals surface area (Å²) in [6, 6.07) is 3.08. The molecule has 2 rings (SSSR count). The number of alkyl halides is 3. The van der Waals surface area contributed by atoms with Crippen molar-refractivity contribution >= 4 is 21.4 Å². The van der Waals surface area contributed by atoms with E-state index in [4.69, 9.17) is 0 Å². The Kier molecular flexibility index (Phi) is 4.43. The van der Waals surface area contributed by atoms with Gasteiger partial charge in [0.1, 0.15) is 4.21 Å². The second-order valence-electron chi connectivity index (χ2n) is 4.66. The van der Waals surface area contributed by atoms with Crippen molar-refractivity contribution in [3.8, 4) is 0 Å². The van der Waals surface area contributed by atoms with E-state index < -0.39 is 28.2 Å². The van der Waals surface area contributed by atoms with Gasteiger partial charge >= 0.3 is 6.18 Å². The number of hydrogen-bond donors (Lipinski definition) is 1. The van der Waals surface area contributed by atoms with Gasteiger partial charge in [-0.3, -0.25) is 0 Å². The first-order valence-corrected chi connectivity index (χ1v) is 8.33. The van der Waals surface area contributed by atoms with Crippen LogP contribution < -0.4 is 0 Å². The Bertz CT molecular complexity index is 534. The van der Waals surface area contributed by atoms with Gasteiger partial charge in [-0.05, 0) is 30.2 Å². The zero-order valence-corrected chi connectivity index (χ0v) is 12.0. The highest BCUT2D eigenvalue weighted by atomic mass is 32.2. The predicted molar refractivity (Wildman–Crippen MR) is 67.9 cm³/mol. The maximum absolute atomic E-state index is 12.4. The number of piperidine rings is 1. The molecule has 0 aromatic carbocycles. The molecule has 0 saturated carbocycles. The average molecular weight is 329 g/mol. The lowest BCUT2D eigenvalue weighted by atomic mass is 9.92. The maximum Gasteiger partial charge on any atom is 0.414 e. The average Bonchev–Trinajstić information content (AvgIpc) is 2.91. The highest BCUT2D eigenvalue weighted by Gasteiger charge is 2.45. The summed E-state index contributed by atoms with van der Waals surface area (Å²) in [4.78, 5) is 0. The van der Waals surface area contributed by atoms with Crippen molar-refractivity contribution in [2.75, 3.05) is 13.1 Å². The first-order valence-electron chi connectivity index (χ1n) is 6.01. The molecule has 9 heteroatoms.